The van der Waals surface area contributed by atoms with E-state index in [1.165, 1.54) is 199 Å². The molecule has 0 heterocycles. The Morgan fingerprint density at radius 1 is 0.306 bits per heavy atom. The third-order valence-corrected chi connectivity index (χ3v) is 12.7. The minimum atomic E-state index is -0.762. The standard InChI is InChI=1S/C56H108O6/c1-6-7-8-9-10-11-12-17-21-26-31-36-41-46-54(57)60-49-53(50-61-55(58)47-42-37-32-28-23-25-30-35-40-45-52(4)5)62-56(59)48-43-38-33-27-22-19-16-14-13-15-18-20-24-29-34-39-44-51(2)3/h51-53H,6-50H2,1-5H3/t53-/m0/s1. The molecule has 62 heavy (non-hydrogen) atoms. The molecule has 0 rings (SSSR count). The summed E-state index contributed by atoms with van der Waals surface area (Å²) in [6.07, 6.45) is 50.9. The number of ether oxygens (including phenoxy) is 3. The molecule has 0 aliphatic carbocycles. The zero-order valence-electron chi connectivity index (χ0n) is 42.5. The normalized spacial score (nSPS) is 12.0. The molecule has 6 nitrogen and oxygen atoms in total. The number of carbonyl (C=O) groups is 3. The highest BCUT2D eigenvalue weighted by Gasteiger charge is 2.19. The first-order valence-corrected chi connectivity index (χ1v) is 27.7. The lowest BCUT2D eigenvalue weighted by atomic mass is 10.0. The number of esters is 3. The summed E-state index contributed by atoms with van der Waals surface area (Å²) < 4.78 is 16.8. The maximum absolute atomic E-state index is 12.8. The molecule has 1 atom stereocenters. The third kappa shape index (κ3) is 49.4. The first-order valence-electron chi connectivity index (χ1n) is 27.7. The first kappa shape index (κ1) is 60.4. The van der Waals surface area contributed by atoms with Crippen LogP contribution in [0.4, 0.5) is 0 Å². The highest BCUT2D eigenvalue weighted by atomic mass is 16.6. The molecule has 0 fully saturated rings. The second kappa shape index (κ2) is 48.9. The van der Waals surface area contributed by atoms with Gasteiger partial charge in [-0.1, -0.05) is 272 Å². The van der Waals surface area contributed by atoms with Crippen LogP contribution in [0, 0.1) is 11.8 Å². The van der Waals surface area contributed by atoms with Gasteiger partial charge in [-0.3, -0.25) is 14.4 Å². The quantitative estimate of drug-likeness (QED) is 0.0344. The Morgan fingerprint density at radius 3 is 0.790 bits per heavy atom. The van der Waals surface area contributed by atoms with Gasteiger partial charge in [0, 0.05) is 19.3 Å². The lowest BCUT2D eigenvalue weighted by Gasteiger charge is -2.18. The van der Waals surface area contributed by atoms with Crippen LogP contribution in [0.3, 0.4) is 0 Å². The Kier molecular flexibility index (Phi) is 47.6. The molecule has 0 aromatic rings. The van der Waals surface area contributed by atoms with E-state index in [2.05, 4.69) is 34.6 Å². The summed E-state index contributed by atoms with van der Waals surface area (Å²) in [6.45, 7) is 11.4. The molecular weight excluding hydrogens is 769 g/mol. The molecule has 0 aliphatic heterocycles. The van der Waals surface area contributed by atoms with Gasteiger partial charge in [-0.2, -0.15) is 0 Å². The molecule has 0 aliphatic rings. The van der Waals surface area contributed by atoms with E-state index in [9.17, 15) is 14.4 Å². The average Bonchev–Trinajstić information content (AvgIpc) is 3.24. The SMILES string of the molecule is CCCCCCCCCCCCCCCC(=O)OC[C@@H](COC(=O)CCCCCCCCCCCC(C)C)OC(=O)CCCCCCCCCCCCCCCCCCC(C)C. The van der Waals surface area contributed by atoms with E-state index in [0.717, 1.165) is 69.6 Å². The van der Waals surface area contributed by atoms with E-state index in [1.807, 2.05) is 0 Å². The smallest absolute Gasteiger partial charge is 0.306 e. The van der Waals surface area contributed by atoms with Crippen LogP contribution >= 0.6 is 0 Å². The number of unbranched alkanes of at least 4 members (excludes halogenated alkanes) is 35. The van der Waals surface area contributed by atoms with E-state index >= 15 is 0 Å². The highest BCUT2D eigenvalue weighted by Crippen LogP contribution is 2.18. The van der Waals surface area contributed by atoms with Crippen LogP contribution in [0.5, 0.6) is 0 Å². The third-order valence-electron chi connectivity index (χ3n) is 12.7. The van der Waals surface area contributed by atoms with Gasteiger partial charge in [-0.05, 0) is 31.1 Å². The van der Waals surface area contributed by atoms with Gasteiger partial charge in [0.2, 0.25) is 0 Å². The van der Waals surface area contributed by atoms with Crippen LogP contribution in [0.15, 0.2) is 0 Å². The molecule has 0 saturated carbocycles. The number of carbonyl (C=O) groups excluding carboxylic acids is 3. The Morgan fingerprint density at radius 2 is 0.532 bits per heavy atom. The van der Waals surface area contributed by atoms with Crippen molar-refractivity contribution in [1.82, 2.24) is 0 Å². The Hall–Kier alpha value is -1.59. The van der Waals surface area contributed by atoms with E-state index in [1.54, 1.807) is 0 Å². The van der Waals surface area contributed by atoms with Crippen molar-refractivity contribution in [1.29, 1.82) is 0 Å². The predicted molar refractivity (Wildman–Crippen MR) is 266 cm³/mol. The Labute approximate surface area is 387 Å². The van der Waals surface area contributed by atoms with Crippen molar-refractivity contribution < 1.29 is 28.6 Å². The highest BCUT2D eigenvalue weighted by molar-refractivity contribution is 5.71. The molecule has 0 saturated heterocycles. The van der Waals surface area contributed by atoms with Gasteiger partial charge in [0.1, 0.15) is 13.2 Å². The van der Waals surface area contributed by atoms with Crippen molar-refractivity contribution >= 4 is 17.9 Å². The average molecular weight is 877 g/mol. The Balaban J connectivity index is 4.27. The summed E-state index contributed by atoms with van der Waals surface area (Å²) >= 11 is 0. The number of hydrogen-bond donors (Lipinski definition) is 0. The first-order chi connectivity index (χ1) is 30.2. The predicted octanol–water partition coefficient (Wildman–Crippen LogP) is 18.1. The maximum Gasteiger partial charge on any atom is 0.306 e. The minimum absolute atomic E-state index is 0.0632. The Bertz CT molecular complexity index is 947. The zero-order chi connectivity index (χ0) is 45.4. The van der Waals surface area contributed by atoms with Crippen molar-refractivity contribution in [2.24, 2.45) is 11.8 Å². The molecular formula is C56H108O6. The fraction of sp³-hybridized carbons (Fsp3) is 0.946. The molecule has 0 radical (unpaired) electrons. The van der Waals surface area contributed by atoms with Gasteiger partial charge in [0.25, 0.3) is 0 Å². The molecule has 0 amide bonds. The van der Waals surface area contributed by atoms with E-state index in [-0.39, 0.29) is 31.1 Å². The summed E-state index contributed by atoms with van der Waals surface area (Å²) in [5.41, 5.74) is 0. The fourth-order valence-electron chi connectivity index (χ4n) is 8.52. The fourth-order valence-corrected chi connectivity index (χ4v) is 8.52. The molecule has 0 spiro atoms. The van der Waals surface area contributed by atoms with Gasteiger partial charge in [0.05, 0.1) is 0 Å². The van der Waals surface area contributed by atoms with Crippen LogP contribution < -0.4 is 0 Å². The van der Waals surface area contributed by atoms with Crippen LogP contribution in [0.2, 0.25) is 0 Å². The van der Waals surface area contributed by atoms with Gasteiger partial charge in [0.15, 0.2) is 6.10 Å². The second-order valence-electron chi connectivity index (χ2n) is 20.2. The zero-order valence-corrected chi connectivity index (χ0v) is 42.5. The number of rotatable bonds is 50. The van der Waals surface area contributed by atoms with Crippen LogP contribution in [-0.4, -0.2) is 37.2 Å². The van der Waals surface area contributed by atoms with Gasteiger partial charge in [-0.15, -0.1) is 0 Å². The molecule has 368 valence electrons. The number of hydrogen-bond acceptors (Lipinski definition) is 6. The van der Waals surface area contributed by atoms with Crippen molar-refractivity contribution in [3.05, 3.63) is 0 Å². The van der Waals surface area contributed by atoms with E-state index in [0.29, 0.717) is 19.3 Å². The molecule has 0 aromatic heterocycles. The largest absolute Gasteiger partial charge is 0.462 e. The van der Waals surface area contributed by atoms with Crippen LogP contribution in [0.25, 0.3) is 0 Å². The van der Waals surface area contributed by atoms with Crippen molar-refractivity contribution in [3.8, 4) is 0 Å². The molecule has 6 heteroatoms. The van der Waals surface area contributed by atoms with Gasteiger partial charge in [-0.25, -0.2) is 0 Å². The van der Waals surface area contributed by atoms with E-state index < -0.39 is 6.10 Å². The summed E-state index contributed by atoms with van der Waals surface area (Å²) in [4.78, 5) is 38.0. The monoisotopic (exact) mass is 877 g/mol. The lowest BCUT2D eigenvalue weighted by Crippen LogP contribution is -2.30. The van der Waals surface area contributed by atoms with Crippen LogP contribution in [-0.2, 0) is 28.6 Å². The van der Waals surface area contributed by atoms with Gasteiger partial charge < -0.3 is 14.2 Å². The molecule has 0 bridgehead atoms. The summed E-state index contributed by atoms with van der Waals surface area (Å²) in [6, 6.07) is 0. The topological polar surface area (TPSA) is 78.9 Å². The van der Waals surface area contributed by atoms with Crippen molar-refractivity contribution in [3.63, 3.8) is 0 Å². The minimum Gasteiger partial charge on any atom is -0.462 e. The summed E-state index contributed by atoms with van der Waals surface area (Å²) in [5.74, 6) is 0.817. The second-order valence-corrected chi connectivity index (χ2v) is 20.2. The van der Waals surface area contributed by atoms with Crippen molar-refractivity contribution in [2.75, 3.05) is 13.2 Å². The summed E-state index contributed by atoms with van der Waals surface area (Å²) in [7, 11) is 0. The summed E-state index contributed by atoms with van der Waals surface area (Å²) in [5, 5.41) is 0. The van der Waals surface area contributed by atoms with Crippen LogP contribution in [0.1, 0.15) is 311 Å². The molecule has 0 unspecified atom stereocenters. The van der Waals surface area contributed by atoms with Gasteiger partial charge >= 0.3 is 17.9 Å². The van der Waals surface area contributed by atoms with E-state index in [4.69, 9.17) is 14.2 Å². The maximum atomic E-state index is 12.8. The molecule has 0 aromatic carbocycles. The lowest BCUT2D eigenvalue weighted by molar-refractivity contribution is -0.167. The van der Waals surface area contributed by atoms with Crippen molar-refractivity contribution in [2.45, 2.75) is 317 Å². The molecule has 0 N–H and O–H groups in total.